The Morgan fingerprint density at radius 2 is 1.83 bits per heavy atom. The predicted octanol–water partition coefficient (Wildman–Crippen LogP) is 3.69. The van der Waals surface area contributed by atoms with E-state index in [-0.39, 0.29) is 0 Å². The summed E-state index contributed by atoms with van der Waals surface area (Å²) in [5.74, 6) is -0.0643. The quantitative estimate of drug-likeness (QED) is 0.419. The fourth-order valence-electron chi connectivity index (χ4n) is 2.08. The van der Waals surface area contributed by atoms with E-state index in [9.17, 15) is 4.79 Å². The first-order valence-corrected chi connectivity index (χ1v) is 6.86. The maximum Gasteiger partial charge on any atom is 0.249 e. The number of rotatable bonds is 3. The molecule has 0 radical (unpaired) electrons. The number of azide groups is 1. The number of hydrogen-bond acceptors (Lipinski definition) is 3. The third-order valence-electron chi connectivity index (χ3n) is 3.32. The van der Waals surface area contributed by atoms with Gasteiger partial charge in [0.15, 0.2) is 5.82 Å². The molecule has 0 spiro atoms. The van der Waals surface area contributed by atoms with E-state index < -0.39 is 5.91 Å². The van der Waals surface area contributed by atoms with Crippen LogP contribution in [0.25, 0.3) is 27.5 Å². The molecule has 1 amide bonds. The molecule has 0 saturated carbocycles. The van der Waals surface area contributed by atoms with Crippen molar-refractivity contribution >= 4 is 5.91 Å². The van der Waals surface area contributed by atoms with Crippen molar-refractivity contribution in [1.82, 2.24) is 14.8 Å². The Morgan fingerprint density at radius 3 is 2.48 bits per heavy atom. The zero-order chi connectivity index (χ0) is 16.2. The highest BCUT2D eigenvalue weighted by molar-refractivity contribution is 5.95. The van der Waals surface area contributed by atoms with Crippen molar-refractivity contribution in [2.24, 2.45) is 5.11 Å². The Bertz CT molecular complexity index is 889. The van der Waals surface area contributed by atoms with Crippen molar-refractivity contribution in [3.8, 4) is 17.1 Å². The molecule has 0 N–H and O–H groups in total. The van der Waals surface area contributed by atoms with Crippen molar-refractivity contribution in [1.29, 1.82) is 0 Å². The lowest BCUT2D eigenvalue weighted by Gasteiger charge is -2.00. The Balaban J connectivity index is 1.87. The van der Waals surface area contributed by atoms with Crippen molar-refractivity contribution in [2.45, 2.75) is 6.92 Å². The zero-order valence-electron chi connectivity index (χ0n) is 12.3. The van der Waals surface area contributed by atoms with E-state index in [0.717, 1.165) is 11.3 Å². The molecule has 1 aromatic heterocycles. The molecule has 0 saturated heterocycles. The van der Waals surface area contributed by atoms with Crippen LogP contribution in [-0.4, -0.2) is 20.7 Å². The van der Waals surface area contributed by atoms with Gasteiger partial charge in [0.1, 0.15) is 6.33 Å². The lowest BCUT2D eigenvalue weighted by atomic mass is 10.1. The number of carbonyl (C=O) groups excluding carboxylic acids is 1. The highest BCUT2D eigenvalue weighted by Gasteiger charge is 2.08. The van der Waals surface area contributed by atoms with E-state index in [0.29, 0.717) is 11.4 Å². The Morgan fingerprint density at radius 1 is 1.13 bits per heavy atom. The molecule has 0 aliphatic rings. The number of hydrogen-bond donors (Lipinski definition) is 0. The van der Waals surface area contributed by atoms with Crippen LogP contribution in [0.5, 0.6) is 0 Å². The maximum absolute atomic E-state index is 11.5. The summed E-state index contributed by atoms with van der Waals surface area (Å²) in [6.07, 6.45) is 1.64. The smallest absolute Gasteiger partial charge is 0.249 e. The molecule has 3 aromatic rings. The second-order valence-corrected chi connectivity index (χ2v) is 4.92. The molecule has 0 unspecified atom stereocenters. The van der Waals surface area contributed by atoms with Gasteiger partial charge in [0, 0.05) is 16.0 Å². The second-order valence-electron chi connectivity index (χ2n) is 4.92. The summed E-state index contributed by atoms with van der Waals surface area (Å²) < 4.78 is 1.69. The lowest BCUT2D eigenvalue weighted by Crippen LogP contribution is -1.95. The van der Waals surface area contributed by atoms with Gasteiger partial charge in [-0.25, -0.2) is 9.67 Å². The van der Waals surface area contributed by atoms with Crippen LogP contribution in [-0.2, 0) is 0 Å². The first-order chi connectivity index (χ1) is 11.2. The standard InChI is InChI=1S/C16H12N6O/c1-11-2-8-14(9-3-11)22-10-18-15(20-22)12-4-6-13(7-5-12)16(23)19-21-17/h2-10H,1H3. The van der Waals surface area contributed by atoms with Crippen LogP contribution in [0, 0.1) is 6.92 Å². The average molecular weight is 304 g/mol. The van der Waals surface area contributed by atoms with Gasteiger partial charge in [-0.05, 0) is 29.7 Å². The highest BCUT2D eigenvalue weighted by atomic mass is 16.1. The summed E-state index contributed by atoms with van der Waals surface area (Å²) in [5.41, 5.74) is 11.5. The summed E-state index contributed by atoms with van der Waals surface area (Å²) in [5, 5.41) is 7.48. The van der Waals surface area contributed by atoms with Crippen LogP contribution in [0.4, 0.5) is 0 Å². The molecule has 2 aromatic carbocycles. The van der Waals surface area contributed by atoms with Gasteiger partial charge in [-0.1, -0.05) is 42.0 Å². The largest absolute Gasteiger partial charge is 0.287 e. The van der Waals surface area contributed by atoms with Gasteiger partial charge in [0.05, 0.1) is 5.69 Å². The Labute approximate surface area is 131 Å². The molecular formula is C16H12N6O. The highest BCUT2D eigenvalue weighted by Crippen LogP contribution is 2.17. The molecule has 1 heterocycles. The molecule has 7 heteroatoms. The first kappa shape index (κ1) is 14.5. The van der Waals surface area contributed by atoms with E-state index in [2.05, 4.69) is 20.1 Å². The SMILES string of the molecule is Cc1ccc(-n2cnc(-c3ccc(C(=O)N=[N+]=[N-])cc3)n2)cc1. The van der Waals surface area contributed by atoms with Gasteiger partial charge < -0.3 is 0 Å². The second kappa shape index (κ2) is 6.13. The molecule has 112 valence electrons. The van der Waals surface area contributed by atoms with Gasteiger partial charge in [0.25, 0.3) is 0 Å². The fourth-order valence-corrected chi connectivity index (χ4v) is 2.08. The molecule has 7 nitrogen and oxygen atoms in total. The predicted molar refractivity (Wildman–Crippen MR) is 85.0 cm³/mol. The number of nitrogens with zero attached hydrogens (tertiary/aromatic N) is 6. The third kappa shape index (κ3) is 3.09. The number of aromatic nitrogens is 3. The minimum absolute atomic E-state index is 0.324. The van der Waals surface area contributed by atoms with Crippen molar-refractivity contribution < 1.29 is 4.79 Å². The normalized spacial score (nSPS) is 10.1. The summed E-state index contributed by atoms with van der Waals surface area (Å²) in [6, 6.07) is 14.5. The maximum atomic E-state index is 11.5. The first-order valence-electron chi connectivity index (χ1n) is 6.86. The summed E-state index contributed by atoms with van der Waals surface area (Å²) >= 11 is 0. The average Bonchev–Trinajstić information content (AvgIpc) is 3.06. The molecule has 0 atom stereocenters. The van der Waals surface area contributed by atoms with Crippen molar-refractivity contribution in [2.75, 3.05) is 0 Å². The minimum atomic E-state index is -0.614. The minimum Gasteiger partial charge on any atom is -0.287 e. The van der Waals surface area contributed by atoms with Gasteiger partial charge in [-0.2, -0.15) is 0 Å². The van der Waals surface area contributed by atoms with Crippen LogP contribution in [0.15, 0.2) is 60.0 Å². The van der Waals surface area contributed by atoms with Crippen molar-refractivity contribution in [3.05, 3.63) is 76.4 Å². The fraction of sp³-hybridized carbons (Fsp3) is 0.0625. The lowest BCUT2D eigenvalue weighted by molar-refractivity contribution is 0.100. The van der Waals surface area contributed by atoms with Gasteiger partial charge in [-0.15, -0.1) is 5.10 Å². The zero-order valence-corrected chi connectivity index (χ0v) is 12.3. The Hall–Kier alpha value is -3.44. The van der Waals surface area contributed by atoms with Crippen molar-refractivity contribution in [3.63, 3.8) is 0 Å². The van der Waals surface area contributed by atoms with E-state index in [1.807, 2.05) is 31.2 Å². The van der Waals surface area contributed by atoms with E-state index in [1.54, 1.807) is 35.3 Å². The van der Waals surface area contributed by atoms with Gasteiger partial charge >= 0.3 is 0 Å². The monoisotopic (exact) mass is 304 g/mol. The van der Waals surface area contributed by atoms with E-state index >= 15 is 0 Å². The molecule has 23 heavy (non-hydrogen) atoms. The van der Waals surface area contributed by atoms with Gasteiger partial charge in [-0.3, -0.25) is 4.79 Å². The molecular weight excluding hydrogens is 292 g/mol. The number of amides is 1. The summed E-state index contributed by atoms with van der Waals surface area (Å²) in [6.45, 7) is 2.02. The molecule has 0 aliphatic carbocycles. The number of benzene rings is 2. The Kier molecular flexibility index (Phi) is 3.86. The summed E-state index contributed by atoms with van der Waals surface area (Å²) in [4.78, 5) is 18.2. The number of carbonyl (C=O) groups is 1. The van der Waals surface area contributed by atoms with Crippen LogP contribution in [0.2, 0.25) is 0 Å². The van der Waals surface area contributed by atoms with Crippen LogP contribution < -0.4 is 0 Å². The van der Waals surface area contributed by atoms with Gasteiger partial charge in [0.2, 0.25) is 5.91 Å². The molecule has 0 aliphatic heterocycles. The molecule has 3 rings (SSSR count). The third-order valence-corrected chi connectivity index (χ3v) is 3.32. The topological polar surface area (TPSA) is 96.5 Å². The van der Waals surface area contributed by atoms with Crippen LogP contribution in [0.1, 0.15) is 15.9 Å². The molecule has 0 bridgehead atoms. The summed E-state index contributed by atoms with van der Waals surface area (Å²) in [7, 11) is 0. The van der Waals surface area contributed by atoms with E-state index in [1.165, 1.54) is 5.56 Å². The number of aryl methyl sites for hydroxylation is 1. The van der Waals surface area contributed by atoms with E-state index in [4.69, 9.17) is 5.53 Å². The molecule has 0 fully saturated rings. The van der Waals surface area contributed by atoms with Crippen LogP contribution >= 0.6 is 0 Å². The van der Waals surface area contributed by atoms with Crippen LogP contribution in [0.3, 0.4) is 0 Å².